The van der Waals surface area contributed by atoms with E-state index in [2.05, 4.69) is 4.98 Å². The third kappa shape index (κ3) is 2.40. The maximum atomic E-state index is 12.3. The molecule has 0 aliphatic carbocycles. The molecule has 5 heteroatoms. The number of aromatic nitrogens is 2. The van der Waals surface area contributed by atoms with Crippen molar-refractivity contribution in [2.24, 2.45) is 0 Å². The Kier molecular flexibility index (Phi) is 3.46. The van der Waals surface area contributed by atoms with Gasteiger partial charge >= 0.3 is 5.69 Å². The van der Waals surface area contributed by atoms with Gasteiger partial charge in [0.25, 0.3) is 0 Å². The summed E-state index contributed by atoms with van der Waals surface area (Å²) < 4.78 is 1.28. The van der Waals surface area contributed by atoms with Gasteiger partial charge in [-0.15, -0.1) is 0 Å². The van der Waals surface area contributed by atoms with E-state index < -0.39 is 5.69 Å². The summed E-state index contributed by atoms with van der Waals surface area (Å²) in [6.07, 6.45) is 1.24. The van der Waals surface area contributed by atoms with Gasteiger partial charge in [-0.2, -0.15) is 0 Å². The van der Waals surface area contributed by atoms with E-state index in [1.807, 2.05) is 19.1 Å². The van der Waals surface area contributed by atoms with Gasteiger partial charge in [0, 0.05) is 18.3 Å². The third-order valence-corrected chi connectivity index (χ3v) is 2.98. The molecule has 0 spiro atoms. The van der Waals surface area contributed by atoms with Gasteiger partial charge in [-0.05, 0) is 13.8 Å². The van der Waals surface area contributed by atoms with E-state index in [0.717, 1.165) is 5.56 Å². The molecule has 0 saturated carbocycles. The van der Waals surface area contributed by atoms with Gasteiger partial charge in [0.05, 0.1) is 5.56 Å². The number of rotatable bonds is 3. The molecular formula is C14H15N3O2. The van der Waals surface area contributed by atoms with Crippen molar-refractivity contribution in [2.75, 3.05) is 5.73 Å². The van der Waals surface area contributed by atoms with Gasteiger partial charge in [0.1, 0.15) is 5.82 Å². The molecule has 5 nitrogen and oxygen atoms in total. The first kappa shape index (κ1) is 13.0. The number of benzene rings is 1. The molecule has 1 heterocycles. The number of nitrogens with zero attached hydrogens (tertiary/aromatic N) is 2. The third-order valence-electron chi connectivity index (χ3n) is 2.98. The molecule has 0 aliphatic heterocycles. The molecule has 0 saturated heterocycles. The van der Waals surface area contributed by atoms with Crippen molar-refractivity contribution in [3.8, 4) is 0 Å². The second-order valence-corrected chi connectivity index (χ2v) is 4.28. The zero-order valence-electron chi connectivity index (χ0n) is 10.9. The van der Waals surface area contributed by atoms with E-state index >= 15 is 0 Å². The fourth-order valence-electron chi connectivity index (χ4n) is 1.85. The van der Waals surface area contributed by atoms with Crippen molar-refractivity contribution >= 4 is 11.6 Å². The van der Waals surface area contributed by atoms with Crippen molar-refractivity contribution in [3.05, 3.63) is 57.6 Å². The summed E-state index contributed by atoms with van der Waals surface area (Å²) in [6, 6.07) is 7.18. The van der Waals surface area contributed by atoms with Crippen LogP contribution in [0.5, 0.6) is 0 Å². The number of ketones is 1. The fraction of sp³-hybridized carbons (Fsp3) is 0.214. The van der Waals surface area contributed by atoms with Crippen LogP contribution in [0.25, 0.3) is 0 Å². The molecule has 0 amide bonds. The molecule has 0 fully saturated rings. The van der Waals surface area contributed by atoms with Crippen LogP contribution in [0.1, 0.15) is 28.4 Å². The molecule has 98 valence electrons. The Morgan fingerprint density at radius 2 is 1.95 bits per heavy atom. The van der Waals surface area contributed by atoms with Crippen LogP contribution in [-0.4, -0.2) is 15.3 Å². The topological polar surface area (TPSA) is 78.0 Å². The lowest BCUT2D eigenvalue weighted by atomic mass is 10.0. The molecule has 0 aliphatic rings. The Morgan fingerprint density at radius 3 is 2.53 bits per heavy atom. The summed E-state index contributed by atoms with van der Waals surface area (Å²) >= 11 is 0. The van der Waals surface area contributed by atoms with Gasteiger partial charge < -0.3 is 5.73 Å². The number of carbonyl (C=O) groups is 1. The van der Waals surface area contributed by atoms with Crippen LogP contribution in [-0.2, 0) is 6.54 Å². The lowest BCUT2D eigenvalue weighted by Gasteiger charge is -2.10. The largest absolute Gasteiger partial charge is 0.384 e. The first-order valence-electron chi connectivity index (χ1n) is 6.01. The summed E-state index contributed by atoms with van der Waals surface area (Å²) in [6.45, 7) is 4.10. The molecule has 2 aromatic rings. The highest BCUT2D eigenvalue weighted by molar-refractivity contribution is 6.11. The normalized spacial score (nSPS) is 10.4. The predicted molar refractivity (Wildman–Crippen MR) is 73.2 cm³/mol. The Labute approximate surface area is 110 Å². The minimum atomic E-state index is -0.444. The summed E-state index contributed by atoms with van der Waals surface area (Å²) in [4.78, 5) is 27.5. The summed E-state index contributed by atoms with van der Waals surface area (Å²) in [5.74, 6) is -0.0692. The summed E-state index contributed by atoms with van der Waals surface area (Å²) in [5.41, 5.74) is 7.27. The zero-order chi connectivity index (χ0) is 14.0. The Balaban J connectivity index is 2.50. The fourth-order valence-corrected chi connectivity index (χ4v) is 1.85. The van der Waals surface area contributed by atoms with Crippen molar-refractivity contribution < 1.29 is 4.79 Å². The molecule has 0 unspecified atom stereocenters. The van der Waals surface area contributed by atoms with Crippen LogP contribution in [0.4, 0.5) is 5.82 Å². The molecule has 2 rings (SSSR count). The molecule has 0 radical (unpaired) electrons. The molecule has 19 heavy (non-hydrogen) atoms. The van der Waals surface area contributed by atoms with E-state index in [0.29, 0.717) is 12.1 Å². The van der Waals surface area contributed by atoms with Gasteiger partial charge in [0.15, 0.2) is 5.78 Å². The first-order valence-corrected chi connectivity index (χ1v) is 6.01. The van der Waals surface area contributed by atoms with E-state index in [1.165, 1.54) is 10.8 Å². The number of nitrogen functional groups attached to an aromatic ring is 1. The van der Waals surface area contributed by atoms with Gasteiger partial charge in [-0.1, -0.05) is 29.8 Å². The molecule has 1 aromatic heterocycles. The standard InChI is InChI=1S/C14H15N3O2/c1-3-17-13(15)11(8-16-14(17)19)12(18)10-6-4-9(2)5-7-10/h4-8H,3,15H2,1-2H3. The van der Waals surface area contributed by atoms with Crippen molar-refractivity contribution in [1.29, 1.82) is 0 Å². The first-order chi connectivity index (χ1) is 9.04. The number of aryl methyl sites for hydroxylation is 1. The maximum absolute atomic E-state index is 12.3. The zero-order valence-corrected chi connectivity index (χ0v) is 10.9. The van der Waals surface area contributed by atoms with Crippen molar-refractivity contribution in [2.45, 2.75) is 20.4 Å². The SMILES string of the molecule is CCn1c(N)c(C(=O)c2ccc(C)cc2)cnc1=O. The van der Waals surface area contributed by atoms with E-state index in [9.17, 15) is 9.59 Å². The quantitative estimate of drug-likeness (QED) is 0.843. The van der Waals surface area contributed by atoms with Crippen LogP contribution >= 0.6 is 0 Å². The smallest absolute Gasteiger partial charge is 0.349 e. The molecule has 0 atom stereocenters. The van der Waals surface area contributed by atoms with Crippen LogP contribution in [0.2, 0.25) is 0 Å². The van der Waals surface area contributed by atoms with Crippen LogP contribution in [0.15, 0.2) is 35.3 Å². The van der Waals surface area contributed by atoms with Gasteiger partial charge in [-0.3, -0.25) is 9.36 Å². The number of anilines is 1. The maximum Gasteiger partial charge on any atom is 0.349 e. The van der Waals surface area contributed by atoms with E-state index in [4.69, 9.17) is 5.73 Å². The minimum absolute atomic E-state index is 0.160. The number of hydrogen-bond acceptors (Lipinski definition) is 4. The van der Waals surface area contributed by atoms with Gasteiger partial charge in [0.2, 0.25) is 0 Å². The predicted octanol–water partition coefficient (Wildman–Crippen LogP) is 1.38. The second kappa shape index (κ2) is 5.06. The summed E-state index contributed by atoms with van der Waals surface area (Å²) in [7, 11) is 0. The van der Waals surface area contributed by atoms with E-state index in [1.54, 1.807) is 19.1 Å². The van der Waals surface area contributed by atoms with Crippen LogP contribution in [0, 0.1) is 6.92 Å². The highest BCUT2D eigenvalue weighted by atomic mass is 16.1. The highest BCUT2D eigenvalue weighted by Gasteiger charge is 2.15. The summed E-state index contributed by atoms with van der Waals surface area (Å²) in [5, 5.41) is 0. The second-order valence-electron chi connectivity index (χ2n) is 4.28. The average Bonchev–Trinajstić information content (AvgIpc) is 2.39. The Morgan fingerprint density at radius 1 is 1.32 bits per heavy atom. The Bertz CT molecular complexity index is 672. The van der Waals surface area contributed by atoms with Crippen LogP contribution < -0.4 is 11.4 Å². The van der Waals surface area contributed by atoms with Crippen molar-refractivity contribution in [1.82, 2.24) is 9.55 Å². The molecule has 2 N–H and O–H groups in total. The minimum Gasteiger partial charge on any atom is -0.384 e. The number of nitrogens with two attached hydrogens (primary N) is 1. The average molecular weight is 257 g/mol. The molecule has 1 aromatic carbocycles. The van der Waals surface area contributed by atoms with Gasteiger partial charge in [-0.25, -0.2) is 9.78 Å². The lowest BCUT2D eigenvalue weighted by Crippen LogP contribution is -2.27. The Hall–Kier alpha value is -2.43. The lowest BCUT2D eigenvalue weighted by molar-refractivity contribution is 0.103. The molecule has 0 bridgehead atoms. The number of carbonyl (C=O) groups excluding carboxylic acids is 1. The highest BCUT2D eigenvalue weighted by Crippen LogP contribution is 2.14. The van der Waals surface area contributed by atoms with E-state index in [-0.39, 0.29) is 17.2 Å². The van der Waals surface area contributed by atoms with Crippen molar-refractivity contribution in [3.63, 3.8) is 0 Å². The monoisotopic (exact) mass is 257 g/mol. The van der Waals surface area contributed by atoms with Crippen LogP contribution in [0.3, 0.4) is 0 Å². The molecular weight excluding hydrogens is 242 g/mol. The number of hydrogen-bond donors (Lipinski definition) is 1.